The molecule has 0 amide bonds. The van der Waals surface area contributed by atoms with E-state index in [4.69, 9.17) is 11.6 Å². The Morgan fingerprint density at radius 3 is 2.67 bits per heavy atom. The van der Waals surface area contributed by atoms with E-state index in [1.54, 1.807) is 12.1 Å². The molecule has 2 aromatic rings. The number of aryl methyl sites for hydroxylation is 1. The van der Waals surface area contributed by atoms with Crippen molar-refractivity contribution in [2.24, 2.45) is 0 Å². The molecule has 0 aliphatic heterocycles. The summed E-state index contributed by atoms with van der Waals surface area (Å²) < 4.78 is 15.0. The van der Waals surface area contributed by atoms with Crippen molar-refractivity contribution in [1.29, 1.82) is 0 Å². The number of rotatable bonds is 5. The molecule has 0 radical (unpaired) electrons. The lowest BCUT2D eigenvalue weighted by Crippen LogP contribution is -2.24. The van der Waals surface area contributed by atoms with E-state index in [1.165, 1.54) is 11.6 Å². The monoisotopic (exact) mass is 369 g/mol. The number of likely N-dealkylation sites (N-methyl/N-ethyl adjacent to an activating group) is 1. The average molecular weight is 371 g/mol. The van der Waals surface area contributed by atoms with Gasteiger partial charge >= 0.3 is 0 Å². The fraction of sp³-hybridized carbons (Fsp3) is 0.294. The minimum absolute atomic E-state index is 0.0133. The fourth-order valence-corrected chi connectivity index (χ4v) is 3.39. The molecule has 0 saturated heterocycles. The van der Waals surface area contributed by atoms with Gasteiger partial charge in [-0.3, -0.25) is 0 Å². The zero-order chi connectivity index (χ0) is 15.4. The average Bonchev–Trinajstić information content (AvgIpc) is 2.42. The van der Waals surface area contributed by atoms with Crippen LogP contribution in [-0.4, -0.2) is 6.54 Å². The Balaban J connectivity index is 2.35. The number of hydrogen-bond donors (Lipinski definition) is 1. The van der Waals surface area contributed by atoms with Gasteiger partial charge in [0.05, 0.1) is 0 Å². The van der Waals surface area contributed by atoms with E-state index >= 15 is 0 Å². The van der Waals surface area contributed by atoms with Gasteiger partial charge in [0, 0.05) is 21.1 Å². The van der Waals surface area contributed by atoms with Crippen LogP contribution in [0.25, 0.3) is 0 Å². The Bertz CT molecular complexity index is 610. The topological polar surface area (TPSA) is 12.0 Å². The van der Waals surface area contributed by atoms with E-state index in [-0.39, 0.29) is 11.9 Å². The fourth-order valence-electron chi connectivity index (χ4n) is 2.38. The summed E-state index contributed by atoms with van der Waals surface area (Å²) in [6.07, 6.45) is 0.515. The zero-order valence-electron chi connectivity index (χ0n) is 12.1. The van der Waals surface area contributed by atoms with E-state index in [9.17, 15) is 4.39 Å². The smallest absolute Gasteiger partial charge is 0.127 e. The zero-order valence-corrected chi connectivity index (χ0v) is 14.4. The molecule has 0 spiro atoms. The standard InChI is InChI=1S/C17H18BrClFN/c1-3-21-17(12-8-7-11(2)9-14(12)18)10-13-15(19)5-4-6-16(13)20/h4-9,17,21H,3,10H2,1-2H3. The van der Waals surface area contributed by atoms with Crippen LogP contribution in [0.2, 0.25) is 5.02 Å². The Kier molecular flexibility index (Phi) is 5.80. The van der Waals surface area contributed by atoms with Crippen molar-refractivity contribution < 1.29 is 4.39 Å². The first-order chi connectivity index (χ1) is 10.0. The van der Waals surface area contributed by atoms with Crippen LogP contribution < -0.4 is 5.32 Å². The number of halogens is 3. The highest BCUT2D eigenvalue weighted by Crippen LogP contribution is 2.30. The molecule has 2 aromatic carbocycles. The third-order valence-corrected chi connectivity index (χ3v) is 4.49. The minimum Gasteiger partial charge on any atom is -0.310 e. The van der Waals surface area contributed by atoms with Crippen molar-refractivity contribution in [2.45, 2.75) is 26.3 Å². The van der Waals surface area contributed by atoms with Gasteiger partial charge in [0.1, 0.15) is 5.82 Å². The molecule has 0 aliphatic rings. The van der Waals surface area contributed by atoms with Crippen molar-refractivity contribution >= 4 is 27.5 Å². The molecule has 1 N–H and O–H groups in total. The van der Waals surface area contributed by atoms with E-state index in [1.807, 2.05) is 13.8 Å². The SMILES string of the molecule is CCNC(Cc1c(F)cccc1Cl)c1ccc(C)cc1Br. The van der Waals surface area contributed by atoms with Gasteiger partial charge < -0.3 is 5.32 Å². The Morgan fingerprint density at radius 2 is 2.05 bits per heavy atom. The van der Waals surface area contributed by atoms with Gasteiger partial charge in [0.25, 0.3) is 0 Å². The molecule has 1 atom stereocenters. The molecule has 21 heavy (non-hydrogen) atoms. The molecule has 0 aliphatic carbocycles. The van der Waals surface area contributed by atoms with E-state index in [0.29, 0.717) is 17.0 Å². The summed E-state index contributed by atoms with van der Waals surface area (Å²) in [5.74, 6) is -0.256. The summed E-state index contributed by atoms with van der Waals surface area (Å²) in [5.41, 5.74) is 2.85. The number of nitrogens with one attached hydrogen (secondary N) is 1. The van der Waals surface area contributed by atoms with Crippen molar-refractivity contribution in [3.05, 3.63) is 68.4 Å². The molecule has 1 unspecified atom stereocenters. The number of benzene rings is 2. The lowest BCUT2D eigenvalue weighted by Gasteiger charge is -2.21. The van der Waals surface area contributed by atoms with Gasteiger partial charge in [-0.15, -0.1) is 0 Å². The van der Waals surface area contributed by atoms with E-state index in [0.717, 1.165) is 16.6 Å². The van der Waals surface area contributed by atoms with Crippen LogP contribution in [0.15, 0.2) is 40.9 Å². The first-order valence-corrected chi connectivity index (χ1v) is 8.12. The molecule has 0 bridgehead atoms. The summed E-state index contributed by atoms with van der Waals surface area (Å²) >= 11 is 9.75. The van der Waals surface area contributed by atoms with Gasteiger partial charge in [0.2, 0.25) is 0 Å². The third-order valence-electron chi connectivity index (χ3n) is 3.45. The lowest BCUT2D eigenvalue weighted by molar-refractivity contribution is 0.526. The summed E-state index contributed by atoms with van der Waals surface area (Å²) in [7, 11) is 0. The van der Waals surface area contributed by atoms with Crippen LogP contribution in [0.1, 0.15) is 29.7 Å². The molecule has 2 rings (SSSR count). The second-order valence-corrected chi connectivity index (χ2v) is 6.30. The van der Waals surface area contributed by atoms with Crippen LogP contribution in [0.4, 0.5) is 4.39 Å². The molecule has 1 nitrogen and oxygen atoms in total. The van der Waals surface area contributed by atoms with Crippen molar-refractivity contribution in [1.82, 2.24) is 5.32 Å². The normalized spacial score (nSPS) is 12.4. The van der Waals surface area contributed by atoms with Gasteiger partial charge in [-0.25, -0.2) is 4.39 Å². The van der Waals surface area contributed by atoms with Gasteiger partial charge in [-0.1, -0.05) is 52.7 Å². The molecular weight excluding hydrogens is 353 g/mol. The van der Waals surface area contributed by atoms with Crippen LogP contribution in [0, 0.1) is 12.7 Å². The van der Waals surface area contributed by atoms with Crippen LogP contribution >= 0.6 is 27.5 Å². The maximum absolute atomic E-state index is 14.0. The van der Waals surface area contributed by atoms with Gasteiger partial charge in [-0.2, -0.15) is 0 Å². The molecule has 0 fully saturated rings. The first-order valence-electron chi connectivity index (χ1n) is 6.95. The number of hydrogen-bond acceptors (Lipinski definition) is 1. The Labute approximate surface area is 138 Å². The highest BCUT2D eigenvalue weighted by molar-refractivity contribution is 9.10. The van der Waals surface area contributed by atoms with Gasteiger partial charge in [-0.05, 0) is 49.2 Å². The van der Waals surface area contributed by atoms with Crippen molar-refractivity contribution in [3.63, 3.8) is 0 Å². The largest absolute Gasteiger partial charge is 0.310 e. The molecule has 0 aromatic heterocycles. The molecule has 0 saturated carbocycles. The Hall–Kier alpha value is -0.900. The lowest BCUT2D eigenvalue weighted by atomic mass is 9.97. The highest BCUT2D eigenvalue weighted by atomic mass is 79.9. The predicted octanol–water partition coefficient (Wildman–Crippen LogP) is 5.44. The second-order valence-electron chi connectivity index (χ2n) is 5.04. The van der Waals surface area contributed by atoms with E-state index < -0.39 is 0 Å². The van der Waals surface area contributed by atoms with Crippen molar-refractivity contribution in [3.8, 4) is 0 Å². The summed E-state index contributed by atoms with van der Waals surface area (Å²) in [6.45, 7) is 4.89. The summed E-state index contributed by atoms with van der Waals surface area (Å²) in [4.78, 5) is 0. The molecule has 112 valence electrons. The molecule has 0 heterocycles. The Morgan fingerprint density at radius 1 is 1.29 bits per heavy atom. The molecule has 4 heteroatoms. The van der Waals surface area contributed by atoms with Crippen LogP contribution in [0.5, 0.6) is 0 Å². The predicted molar refractivity (Wildman–Crippen MR) is 90.4 cm³/mol. The molecular formula is C17H18BrClFN. The minimum atomic E-state index is -0.256. The second kappa shape index (κ2) is 7.39. The summed E-state index contributed by atoms with van der Waals surface area (Å²) in [6, 6.07) is 11.0. The maximum Gasteiger partial charge on any atom is 0.127 e. The first kappa shape index (κ1) is 16.5. The maximum atomic E-state index is 14.0. The van der Waals surface area contributed by atoms with Crippen LogP contribution in [0.3, 0.4) is 0 Å². The highest BCUT2D eigenvalue weighted by Gasteiger charge is 2.18. The van der Waals surface area contributed by atoms with E-state index in [2.05, 4.69) is 39.4 Å². The van der Waals surface area contributed by atoms with Gasteiger partial charge in [0.15, 0.2) is 0 Å². The van der Waals surface area contributed by atoms with Crippen molar-refractivity contribution in [2.75, 3.05) is 6.54 Å². The summed E-state index contributed by atoms with van der Waals surface area (Å²) in [5, 5.41) is 3.88. The quantitative estimate of drug-likeness (QED) is 0.738. The third kappa shape index (κ3) is 4.06. The van der Waals surface area contributed by atoms with Crippen LogP contribution in [-0.2, 0) is 6.42 Å².